The molecule has 0 aliphatic rings. The van der Waals surface area contributed by atoms with Crippen molar-refractivity contribution >= 4 is 11.9 Å². The van der Waals surface area contributed by atoms with Gasteiger partial charge in [-0.2, -0.15) is 5.10 Å². The maximum absolute atomic E-state index is 11.9. The fourth-order valence-corrected chi connectivity index (χ4v) is 1.67. The van der Waals surface area contributed by atoms with Gasteiger partial charge in [-0.1, -0.05) is 30.3 Å². The van der Waals surface area contributed by atoms with Crippen molar-refractivity contribution in [2.45, 2.75) is 6.04 Å². The van der Waals surface area contributed by atoms with Crippen molar-refractivity contribution in [1.82, 2.24) is 15.1 Å². The van der Waals surface area contributed by atoms with Gasteiger partial charge in [0.05, 0.1) is 0 Å². The van der Waals surface area contributed by atoms with Crippen LogP contribution in [0, 0.1) is 0 Å². The van der Waals surface area contributed by atoms with Crippen LogP contribution < -0.4 is 5.32 Å². The number of aryl methyl sites for hydroxylation is 1. The third-order valence-corrected chi connectivity index (χ3v) is 2.60. The summed E-state index contributed by atoms with van der Waals surface area (Å²) in [5.41, 5.74) is 0.698. The summed E-state index contributed by atoms with van der Waals surface area (Å²) in [6, 6.07) is 8.96. The summed E-state index contributed by atoms with van der Waals surface area (Å²) in [5.74, 6) is -1.63. The number of carboxylic acids is 1. The van der Waals surface area contributed by atoms with Crippen LogP contribution >= 0.6 is 0 Å². The van der Waals surface area contributed by atoms with Crippen molar-refractivity contribution in [2.75, 3.05) is 0 Å². The Hall–Kier alpha value is -2.63. The Kier molecular flexibility index (Phi) is 3.61. The Labute approximate surface area is 109 Å². The van der Waals surface area contributed by atoms with E-state index in [-0.39, 0.29) is 5.69 Å². The molecule has 0 saturated heterocycles. The summed E-state index contributed by atoms with van der Waals surface area (Å²) >= 11 is 0. The van der Waals surface area contributed by atoms with E-state index in [0.717, 1.165) is 0 Å². The van der Waals surface area contributed by atoms with Crippen LogP contribution in [0.2, 0.25) is 0 Å². The highest BCUT2D eigenvalue weighted by Gasteiger charge is 2.23. The van der Waals surface area contributed by atoms with E-state index < -0.39 is 17.9 Å². The zero-order valence-corrected chi connectivity index (χ0v) is 10.3. The minimum absolute atomic E-state index is 0.185. The molecule has 6 nitrogen and oxygen atoms in total. The Balaban J connectivity index is 2.18. The maximum atomic E-state index is 11.9. The number of benzene rings is 1. The standard InChI is InChI=1S/C13H13N3O3/c1-16-8-7-10(15-16)12(17)14-11(13(18)19)9-5-3-2-4-6-9/h2-8,11H,1H3,(H,14,17)(H,18,19). The van der Waals surface area contributed by atoms with Gasteiger partial charge in [-0.05, 0) is 11.6 Å². The van der Waals surface area contributed by atoms with Gasteiger partial charge in [0.15, 0.2) is 6.04 Å². The number of aliphatic carboxylic acids is 1. The van der Waals surface area contributed by atoms with Gasteiger partial charge in [0.2, 0.25) is 0 Å². The molecule has 1 atom stereocenters. The van der Waals surface area contributed by atoms with Gasteiger partial charge in [-0.15, -0.1) is 0 Å². The summed E-state index contributed by atoms with van der Waals surface area (Å²) in [5, 5.41) is 15.6. The van der Waals surface area contributed by atoms with Crippen LogP contribution in [0.4, 0.5) is 0 Å². The van der Waals surface area contributed by atoms with Gasteiger partial charge in [0.1, 0.15) is 5.69 Å². The van der Waals surface area contributed by atoms with Crippen molar-refractivity contribution in [1.29, 1.82) is 0 Å². The molecule has 0 bridgehead atoms. The van der Waals surface area contributed by atoms with Crippen LogP contribution in [0.1, 0.15) is 22.1 Å². The molecule has 0 spiro atoms. The highest BCUT2D eigenvalue weighted by Crippen LogP contribution is 2.13. The van der Waals surface area contributed by atoms with E-state index in [1.807, 2.05) is 0 Å². The van der Waals surface area contributed by atoms with Crippen LogP contribution in [-0.2, 0) is 11.8 Å². The number of aromatic nitrogens is 2. The molecule has 98 valence electrons. The summed E-state index contributed by atoms with van der Waals surface area (Å²) in [7, 11) is 1.68. The highest BCUT2D eigenvalue weighted by atomic mass is 16.4. The molecule has 2 aromatic rings. The van der Waals surface area contributed by atoms with Gasteiger partial charge in [0.25, 0.3) is 5.91 Å². The number of carbonyl (C=O) groups excluding carboxylic acids is 1. The number of amides is 1. The fraction of sp³-hybridized carbons (Fsp3) is 0.154. The number of nitrogens with one attached hydrogen (secondary N) is 1. The lowest BCUT2D eigenvalue weighted by Crippen LogP contribution is -2.34. The molecule has 0 fully saturated rings. The molecule has 19 heavy (non-hydrogen) atoms. The average molecular weight is 259 g/mol. The molecular weight excluding hydrogens is 246 g/mol. The third kappa shape index (κ3) is 2.98. The van der Waals surface area contributed by atoms with E-state index in [1.165, 1.54) is 10.7 Å². The maximum Gasteiger partial charge on any atom is 0.330 e. The van der Waals surface area contributed by atoms with Gasteiger partial charge in [0, 0.05) is 13.2 Å². The molecule has 2 rings (SSSR count). The second-order valence-electron chi connectivity index (χ2n) is 4.03. The smallest absolute Gasteiger partial charge is 0.330 e. The van der Waals surface area contributed by atoms with E-state index in [4.69, 9.17) is 0 Å². The lowest BCUT2D eigenvalue weighted by atomic mass is 10.1. The molecule has 0 aliphatic carbocycles. The number of nitrogens with zero attached hydrogens (tertiary/aromatic N) is 2. The Morgan fingerprint density at radius 2 is 1.95 bits per heavy atom. The fourth-order valence-electron chi connectivity index (χ4n) is 1.67. The molecule has 0 radical (unpaired) electrons. The predicted octanol–water partition coefficient (Wildman–Crippen LogP) is 0.976. The number of rotatable bonds is 4. The number of carbonyl (C=O) groups is 2. The van der Waals surface area contributed by atoms with Crippen LogP contribution in [0.3, 0.4) is 0 Å². The molecule has 6 heteroatoms. The van der Waals surface area contributed by atoms with E-state index in [2.05, 4.69) is 10.4 Å². The van der Waals surface area contributed by atoms with Crippen LogP contribution in [0.15, 0.2) is 42.6 Å². The first-order chi connectivity index (χ1) is 9.08. The van der Waals surface area contributed by atoms with Gasteiger partial charge < -0.3 is 10.4 Å². The minimum Gasteiger partial charge on any atom is -0.479 e. The summed E-state index contributed by atoms with van der Waals surface area (Å²) in [6.45, 7) is 0. The average Bonchev–Trinajstić information content (AvgIpc) is 2.83. The lowest BCUT2D eigenvalue weighted by Gasteiger charge is -2.13. The molecule has 1 unspecified atom stereocenters. The molecule has 0 saturated carbocycles. The third-order valence-electron chi connectivity index (χ3n) is 2.60. The van der Waals surface area contributed by atoms with Crippen LogP contribution in [-0.4, -0.2) is 26.8 Å². The topological polar surface area (TPSA) is 84.2 Å². The largest absolute Gasteiger partial charge is 0.479 e. The monoisotopic (exact) mass is 259 g/mol. The Bertz CT molecular complexity index is 592. The van der Waals surface area contributed by atoms with Crippen molar-refractivity contribution < 1.29 is 14.7 Å². The van der Waals surface area contributed by atoms with E-state index in [0.29, 0.717) is 5.56 Å². The van der Waals surface area contributed by atoms with Gasteiger partial charge >= 0.3 is 5.97 Å². The van der Waals surface area contributed by atoms with Crippen molar-refractivity contribution in [2.24, 2.45) is 7.05 Å². The van der Waals surface area contributed by atoms with Crippen LogP contribution in [0.25, 0.3) is 0 Å². The van der Waals surface area contributed by atoms with Crippen LogP contribution in [0.5, 0.6) is 0 Å². The molecule has 1 heterocycles. The number of carboxylic acid groups (broad SMARTS) is 1. The quantitative estimate of drug-likeness (QED) is 0.857. The predicted molar refractivity (Wildman–Crippen MR) is 67.5 cm³/mol. The zero-order chi connectivity index (χ0) is 13.8. The van der Waals surface area contributed by atoms with Crippen molar-refractivity contribution in [3.63, 3.8) is 0 Å². The summed E-state index contributed by atoms with van der Waals surface area (Å²) < 4.78 is 1.48. The zero-order valence-electron chi connectivity index (χ0n) is 10.3. The summed E-state index contributed by atoms with van der Waals surface area (Å²) in [6.07, 6.45) is 1.62. The van der Waals surface area contributed by atoms with Crippen molar-refractivity contribution in [3.8, 4) is 0 Å². The highest BCUT2D eigenvalue weighted by molar-refractivity contribution is 5.95. The normalized spacial score (nSPS) is 11.8. The second kappa shape index (κ2) is 5.34. The lowest BCUT2D eigenvalue weighted by molar-refractivity contribution is -0.139. The summed E-state index contributed by atoms with van der Waals surface area (Å²) in [4.78, 5) is 23.1. The number of hydrogen-bond donors (Lipinski definition) is 2. The molecule has 1 amide bonds. The Morgan fingerprint density at radius 3 is 2.47 bits per heavy atom. The molecule has 2 N–H and O–H groups in total. The molecule has 1 aromatic carbocycles. The van der Waals surface area contributed by atoms with Crippen molar-refractivity contribution in [3.05, 3.63) is 53.9 Å². The van der Waals surface area contributed by atoms with Gasteiger partial charge in [-0.3, -0.25) is 9.48 Å². The van der Waals surface area contributed by atoms with Gasteiger partial charge in [-0.25, -0.2) is 4.79 Å². The molecule has 0 aliphatic heterocycles. The minimum atomic E-state index is -1.12. The first-order valence-electron chi connectivity index (χ1n) is 5.66. The molecule has 1 aromatic heterocycles. The van der Waals surface area contributed by atoms with E-state index >= 15 is 0 Å². The van der Waals surface area contributed by atoms with E-state index in [1.54, 1.807) is 43.6 Å². The molecular formula is C13H13N3O3. The first kappa shape index (κ1) is 12.8. The Morgan fingerprint density at radius 1 is 1.26 bits per heavy atom. The first-order valence-corrected chi connectivity index (χ1v) is 5.66. The number of hydrogen-bond acceptors (Lipinski definition) is 3. The van der Waals surface area contributed by atoms with E-state index in [9.17, 15) is 14.7 Å². The second-order valence-corrected chi connectivity index (χ2v) is 4.03. The SMILES string of the molecule is Cn1ccc(C(=O)NC(C(=O)O)c2ccccc2)n1.